The molecule has 1 aromatic carbocycles. The van der Waals surface area contributed by atoms with E-state index in [2.05, 4.69) is 15.3 Å². The molecule has 0 unspecified atom stereocenters. The second-order valence-electron chi connectivity index (χ2n) is 6.47. The molecule has 1 heterocycles. The smallest absolute Gasteiger partial charge is 0.319 e. The molecule has 1 N–H and O–H groups in total. The predicted octanol–water partition coefficient (Wildman–Crippen LogP) is 3.32. The number of alkyl halides is 3. The molecule has 0 saturated carbocycles. The van der Waals surface area contributed by atoms with Gasteiger partial charge in [-0.1, -0.05) is 20.8 Å². The van der Waals surface area contributed by atoms with Crippen molar-refractivity contribution in [3.05, 3.63) is 48.0 Å². The number of carbonyl (C=O) groups is 1. The standard InChI is InChI=1S/C16H16F3N3O3S/c1-15(2,3)14-20-8-11(9-21-14)22-13(23)10-4-6-12(7-5-10)26(24,25)16(17,18)19/h4-9H,1-3H3,(H,22,23). The highest BCUT2D eigenvalue weighted by molar-refractivity contribution is 7.92. The first-order chi connectivity index (χ1) is 11.8. The lowest BCUT2D eigenvalue weighted by Gasteiger charge is -2.16. The zero-order chi connectivity index (χ0) is 19.8. The lowest BCUT2D eigenvalue weighted by atomic mass is 9.96. The predicted molar refractivity (Wildman–Crippen MR) is 88.4 cm³/mol. The van der Waals surface area contributed by atoms with Crippen molar-refractivity contribution in [2.24, 2.45) is 0 Å². The molecule has 0 aliphatic heterocycles. The van der Waals surface area contributed by atoms with Crippen LogP contribution in [0.4, 0.5) is 18.9 Å². The third kappa shape index (κ3) is 4.18. The number of sulfone groups is 1. The Morgan fingerprint density at radius 3 is 1.92 bits per heavy atom. The first-order valence-electron chi connectivity index (χ1n) is 7.37. The van der Waals surface area contributed by atoms with Gasteiger partial charge in [0, 0.05) is 11.0 Å². The molecule has 0 radical (unpaired) electrons. The fraction of sp³-hybridized carbons (Fsp3) is 0.312. The van der Waals surface area contributed by atoms with E-state index in [9.17, 15) is 26.4 Å². The normalized spacial score (nSPS) is 12.7. The molecular formula is C16H16F3N3O3S. The van der Waals surface area contributed by atoms with Gasteiger partial charge in [-0.2, -0.15) is 13.2 Å². The molecule has 0 saturated heterocycles. The van der Waals surface area contributed by atoms with Gasteiger partial charge >= 0.3 is 5.51 Å². The van der Waals surface area contributed by atoms with Crippen molar-refractivity contribution in [3.8, 4) is 0 Å². The van der Waals surface area contributed by atoms with Crippen molar-refractivity contribution in [2.45, 2.75) is 36.6 Å². The van der Waals surface area contributed by atoms with Gasteiger partial charge in [-0.05, 0) is 24.3 Å². The Balaban J connectivity index is 2.16. The molecule has 1 amide bonds. The molecule has 0 atom stereocenters. The van der Waals surface area contributed by atoms with Gasteiger partial charge in [0.05, 0.1) is 23.0 Å². The van der Waals surface area contributed by atoms with Crippen molar-refractivity contribution >= 4 is 21.4 Å². The summed E-state index contributed by atoms with van der Waals surface area (Å²) < 4.78 is 60.1. The van der Waals surface area contributed by atoms with Crippen molar-refractivity contribution in [1.82, 2.24) is 9.97 Å². The number of rotatable bonds is 3. The van der Waals surface area contributed by atoms with Gasteiger partial charge in [-0.3, -0.25) is 4.79 Å². The van der Waals surface area contributed by atoms with Crippen LogP contribution < -0.4 is 5.32 Å². The van der Waals surface area contributed by atoms with E-state index < -0.39 is 26.1 Å². The highest BCUT2D eigenvalue weighted by atomic mass is 32.2. The van der Waals surface area contributed by atoms with Gasteiger partial charge in [0.25, 0.3) is 15.7 Å². The number of aromatic nitrogens is 2. The number of nitrogens with one attached hydrogen (secondary N) is 1. The molecule has 6 nitrogen and oxygen atoms in total. The summed E-state index contributed by atoms with van der Waals surface area (Å²) in [6.45, 7) is 5.78. The van der Waals surface area contributed by atoms with Crippen molar-refractivity contribution in [1.29, 1.82) is 0 Å². The summed E-state index contributed by atoms with van der Waals surface area (Å²) in [5.41, 5.74) is -5.37. The summed E-state index contributed by atoms with van der Waals surface area (Å²) in [6.07, 6.45) is 2.82. The van der Waals surface area contributed by atoms with Crippen LogP contribution in [0.25, 0.3) is 0 Å². The van der Waals surface area contributed by atoms with Crippen LogP contribution in [0.1, 0.15) is 37.0 Å². The summed E-state index contributed by atoms with van der Waals surface area (Å²) in [7, 11) is -5.45. The SMILES string of the molecule is CC(C)(C)c1ncc(NC(=O)c2ccc(S(=O)(=O)C(F)(F)F)cc2)cn1. The maximum Gasteiger partial charge on any atom is 0.501 e. The van der Waals surface area contributed by atoms with Crippen LogP contribution in [0.3, 0.4) is 0 Å². The number of amides is 1. The average Bonchev–Trinajstić information content (AvgIpc) is 2.53. The topological polar surface area (TPSA) is 89.0 Å². The van der Waals surface area contributed by atoms with Gasteiger partial charge in [0.15, 0.2) is 0 Å². The molecule has 0 bridgehead atoms. The Morgan fingerprint density at radius 2 is 1.50 bits per heavy atom. The maximum absolute atomic E-state index is 12.5. The van der Waals surface area contributed by atoms with E-state index in [0.29, 0.717) is 11.5 Å². The minimum atomic E-state index is -5.45. The van der Waals surface area contributed by atoms with E-state index in [0.717, 1.165) is 24.3 Å². The lowest BCUT2D eigenvalue weighted by molar-refractivity contribution is -0.0436. The molecule has 1 aromatic heterocycles. The number of anilines is 1. The molecule has 0 aliphatic rings. The molecule has 2 rings (SSSR count). The number of nitrogens with zero attached hydrogens (tertiary/aromatic N) is 2. The highest BCUT2D eigenvalue weighted by Gasteiger charge is 2.46. The summed E-state index contributed by atoms with van der Waals surface area (Å²) >= 11 is 0. The summed E-state index contributed by atoms with van der Waals surface area (Å²) in [5.74, 6) is -0.0507. The average molecular weight is 387 g/mol. The summed E-state index contributed by atoms with van der Waals surface area (Å²) in [5, 5.41) is 2.49. The number of carbonyl (C=O) groups excluding carboxylic acids is 1. The van der Waals surface area contributed by atoms with E-state index in [1.807, 2.05) is 20.8 Å². The van der Waals surface area contributed by atoms with E-state index >= 15 is 0 Å². The minimum Gasteiger partial charge on any atom is -0.319 e. The third-order valence-corrected chi connectivity index (χ3v) is 4.81. The molecule has 0 spiro atoms. The summed E-state index contributed by atoms with van der Waals surface area (Å²) in [6, 6.07) is 3.46. The van der Waals surface area contributed by atoms with Gasteiger partial charge in [0.1, 0.15) is 5.82 Å². The Morgan fingerprint density at radius 1 is 1.00 bits per heavy atom. The van der Waals surface area contributed by atoms with Crippen LogP contribution in [0.2, 0.25) is 0 Å². The molecule has 2 aromatic rings. The quantitative estimate of drug-likeness (QED) is 0.873. The Kier molecular flexibility index (Phi) is 5.09. The van der Waals surface area contributed by atoms with Gasteiger partial charge in [-0.25, -0.2) is 18.4 Å². The number of halogens is 3. The van der Waals surface area contributed by atoms with Crippen LogP contribution in [0.15, 0.2) is 41.6 Å². The van der Waals surface area contributed by atoms with Crippen LogP contribution in [0.5, 0.6) is 0 Å². The Labute approximate surface area is 148 Å². The molecule has 140 valence electrons. The van der Waals surface area contributed by atoms with Crippen LogP contribution in [-0.4, -0.2) is 29.8 Å². The number of benzene rings is 1. The van der Waals surface area contributed by atoms with E-state index in [-0.39, 0.29) is 11.0 Å². The molecular weight excluding hydrogens is 371 g/mol. The minimum absolute atomic E-state index is 0.00831. The van der Waals surface area contributed by atoms with Crippen molar-refractivity contribution in [3.63, 3.8) is 0 Å². The summed E-state index contributed by atoms with van der Waals surface area (Å²) in [4.78, 5) is 19.5. The first kappa shape index (κ1) is 19.8. The van der Waals surface area contributed by atoms with Gasteiger partial charge in [0.2, 0.25) is 0 Å². The second-order valence-corrected chi connectivity index (χ2v) is 8.41. The fourth-order valence-corrected chi connectivity index (χ4v) is 2.66. The highest BCUT2D eigenvalue weighted by Crippen LogP contribution is 2.30. The lowest BCUT2D eigenvalue weighted by Crippen LogP contribution is -2.23. The maximum atomic E-state index is 12.5. The van der Waals surface area contributed by atoms with Crippen LogP contribution in [0, 0.1) is 0 Å². The fourth-order valence-electron chi connectivity index (χ4n) is 1.90. The number of hydrogen-bond acceptors (Lipinski definition) is 5. The van der Waals surface area contributed by atoms with Crippen molar-refractivity contribution in [2.75, 3.05) is 5.32 Å². The first-order valence-corrected chi connectivity index (χ1v) is 8.86. The van der Waals surface area contributed by atoms with Gasteiger partial charge < -0.3 is 5.32 Å². The zero-order valence-corrected chi connectivity index (χ0v) is 14.9. The van der Waals surface area contributed by atoms with Crippen LogP contribution in [-0.2, 0) is 15.3 Å². The third-order valence-electron chi connectivity index (χ3n) is 3.31. The zero-order valence-electron chi connectivity index (χ0n) is 14.1. The van der Waals surface area contributed by atoms with E-state index in [1.54, 1.807) is 0 Å². The van der Waals surface area contributed by atoms with E-state index in [4.69, 9.17) is 0 Å². The number of hydrogen-bond donors (Lipinski definition) is 1. The van der Waals surface area contributed by atoms with Crippen LogP contribution >= 0.6 is 0 Å². The van der Waals surface area contributed by atoms with Crippen molar-refractivity contribution < 1.29 is 26.4 Å². The largest absolute Gasteiger partial charge is 0.501 e. The van der Waals surface area contributed by atoms with Gasteiger partial charge in [-0.15, -0.1) is 0 Å². The Hall–Kier alpha value is -2.49. The van der Waals surface area contributed by atoms with E-state index in [1.165, 1.54) is 12.4 Å². The molecule has 26 heavy (non-hydrogen) atoms. The second kappa shape index (κ2) is 6.67. The molecule has 0 aliphatic carbocycles. The monoisotopic (exact) mass is 387 g/mol. The Bertz CT molecular complexity index is 901. The molecule has 0 fully saturated rings. The molecule has 10 heteroatoms.